The Labute approximate surface area is 276 Å². The number of nitrogens with zero attached hydrogens (tertiary/aromatic N) is 4. The minimum absolute atomic E-state index is 0.0277. The van der Waals surface area contributed by atoms with Gasteiger partial charge in [0.15, 0.2) is 0 Å². The quantitative estimate of drug-likeness (QED) is 0.405. The van der Waals surface area contributed by atoms with Crippen LogP contribution < -0.4 is 10.9 Å². The molecule has 2 aromatic rings. The maximum Gasteiger partial charge on any atom is 0.391 e. The molecule has 260 valence electrons. The highest BCUT2D eigenvalue weighted by atomic mass is 19.4. The zero-order chi connectivity index (χ0) is 33.3. The van der Waals surface area contributed by atoms with Crippen molar-refractivity contribution in [3.05, 3.63) is 39.9 Å². The molecule has 6 atom stereocenters. The molecule has 3 aliphatic carbocycles. The van der Waals surface area contributed by atoms with Crippen molar-refractivity contribution in [2.45, 2.75) is 115 Å². The highest BCUT2D eigenvalue weighted by Gasteiger charge is 2.48. The van der Waals surface area contributed by atoms with Crippen molar-refractivity contribution < 1.29 is 23.1 Å². The molecule has 3 heterocycles. The Morgan fingerprint density at radius 1 is 0.979 bits per heavy atom. The van der Waals surface area contributed by atoms with Crippen LogP contribution in [-0.4, -0.2) is 88.0 Å². The minimum Gasteiger partial charge on any atom is -0.395 e. The fraction of sp³-hybridized carbons (Fsp3) is 0.750. The summed E-state index contributed by atoms with van der Waals surface area (Å²) in [5, 5.41) is 13.4. The van der Waals surface area contributed by atoms with Crippen LogP contribution in [0.4, 0.5) is 13.2 Å². The number of rotatable bonds is 7. The smallest absolute Gasteiger partial charge is 0.391 e. The number of carbonyl (C=O) groups is 1. The molecule has 4 fully saturated rings. The summed E-state index contributed by atoms with van der Waals surface area (Å²) in [4.78, 5) is 36.9. The minimum atomic E-state index is -4.34. The van der Waals surface area contributed by atoms with Crippen LogP contribution in [0.2, 0.25) is 0 Å². The zero-order valence-corrected chi connectivity index (χ0v) is 28.0. The number of aryl methyl sites for hydroxylation is 1. The number of nitrogens with one attached hydrogen (secondary N) is 1. The van der Waals surface area contributed by atoms with Gasteiger partial charge in [0.25, 0.3) is 5.56 Å². The molecule has 11 heteroatoms. The van der Waals surface area contributed by atoms with Crippen molar-refractivity contribution in [3.8, 4) is 0 Å². The number of fused-ring (bicyclic) bond motifs is 1. The second-order valence-electron chi connectivity index (χ2n) is 15.0. The van der Waals surface area contributed by atoms with Crippen LogP contribution in [0.5, 0.6) is 0 Å². The Bertz CT molecular complexity index is 1450. The SMILES string of the molecule is Cc1cc2c(cn1)cc(C1CC(NC(=O)C3CC(N4CCN(CCO)CC4)CC(C(F)(F)F)C3)CCC1C)c(=O)n2C1CCCCC1. The van der Waals surface area contributed by atoms with Crippen LogP contribution in [-0.2, 0) is 4.79 Å². The first-order valence-corrected chi connectivity index (χ1v) is 18.0. The molecule has 1 saturated heterocycles. The topological polar surface area (TPSA) is 90.7 Å². The number of piperazine rings is 1. The predicted octanol–water partition coefficient (Wildman–Crippen LogP) is 5.56. The number of pyridine rings is 2. The van der Waals surface area contributed by atoms with E-state index < -0.39 is 18.0 Å². The van der Waals surface area contributed by atoms with Crippen LogP contribution in [0.25, 0.3) is 10.9 Å². The van der Waals surface area contributed by atoms with Gasteiger partial charge in [0.2, 0.25) is 5.91 Å². The van der Waals surface area contributed by atoms with Gasteiger partial charge in [-0.1, -0.05) is 26.2 Å². The lowest BCUT2D eigenvalue weighted by atomic mass is 9.73. The Morgan fingerprint density at radius 2 is 1.72 bits per heavy atom. The first-order chi connectivity index (χ1) is 22.5. The Kier molecular flexibility index (Phi) is 10.6. The number of hydrogen-bond acceptors (Lipinski definition) is 6. The summed E-state index contributed by atoms with van der Waals surface area (Å²) >= 11 is 0. The summed E-state index contributed by atoms with van der Waals surface area (Å²) in [6.45, 7) is 7.46. The van der Waals surface area contributed by atoms with E-state index in [1.54, 1.807) is 0 Å². The molecular formula is C36H52F3N5O3. The van der Waals surface area contributed by atoms with E-state index in [0.29, 0.717) is 45.6 Å². The second-order valence-corrected chi connectivity index (χ2v) is 15.0. The number of aliphatic hydroxyl groups excluding tert-OH is 1. The monoisotopic (exact) mass is 659 g/mol. The molecular weight excluding hydrogens is 607 g/mol. The second kappa shape index (κ2) is 14.5. The fourth-order valence-corrected chi connectivity index (χ4v) is 9.09. The summed E-state index contributed by atoms with van der Waals surface area (Å²) in [5.41, 5.74) is 2.65. The number of alkyl halides is 3. The van der Waals surface area contributed by atoms with Crippen LogP contribution >= 0.6 is 0 Å². The number of aliphatic hydroxyl groups is 1. The molecule has 3 saturated carbocycles. The van der Waals surface area contributed by atoms with Gasteiger partial charge in [0.05, 0.1) is 18.0 Å². The average molecular weight is 660 g/mol. The largest absolute Gasteiger partial charge is 0.395 e. The third-order valence-corrected chi connectivity index (χ3v) is 11.8. The Hall–Kier alpha value is -2.50. The van der Waals surface area contributed by atoms with Gasteiger partial charge in [-0.05, 0) is 82.3 Å². The molecule has 0 radical (unpaired) electrons. The van der Waals surface area contributed by atoms with Gasteiger partial charge in [0, 0.05) is 79.6 Å². The van der Waals surface area contributed by atoms with Crippen LogP contribution in [0.1, 0.15) is 101 Å². The lowest BCUT2D eigenvalue weighted by Crippen LogP contribution is -2.55. The third-order valence-electron chi connectivity index (χ3n) is 11.8. The standard InChI is InChI=1S/C36H52F3N5O3/c1-23-8-9-28(21-31(23)32-19-26-22-40-24(2)16-33(26)44(35(32)47)29-6-4-3-5-7-29)41-34(46)25-17-27(36(37,38)39)20-30(18-25)43-12-10-42(11-13-43)14-15-45/h16,19,22-23,25,27-31,45H,3-15,17-18,20-21H2,1-2H3,(H,41,46). The van der Waals surface area contributed by atoms with E-state index in [1.807, 2.05) is 29.8 Å². The Morgan fingerprint density at radius 3 is 2.43 bits per heavy atom. The van der Waals surface area contributed by atoms with E-state index in [1.165, 1.54) is 6.42 Å². The van der Waals surface area contributed by atoms with Crippen molar-refractivity contribution in [1.82, 2.24) is 24.7 Å². The van der Waals surface area contributed by atoms with E-state index in [9.17, 15) is 27.9 Å². The summed E-state index contributed by atoms with van der Waals surface area (Å²) in [6.07, 6.45) is 5.36. The predicted molar refractivity (Wildman–Crippen MR) is 176 cm³/mol. The molecule has 1 aliphatic heterocycles. The van der Waals surface area contributed by atoms with Crippen molar-refractivity contribution in [3.63, 3.8) is 0 Å². The van der Waals surface area contributed by atoms with Gasteiger partial charge in [-0.3, -0.25) is 24.4 Å². The van der Waals surface area contributed by atoms with Crippen LogP contribution in [0, 0.1) is 24.7 Å². The van der Waals surface area contributed by atoms with Gasteiger partial charge in [0.1, 0.15) is 0 Å². The molecule has 2 aromatic heterocycles. The fourth-order valence-electron chi connectivity index (χ4n) is 9.09. The first kappa shape index (κ1) is 34.4. The maximum absolute atomic E-state index is 14.3. The van der Waals surface area contributed by atoms with Crippen molar-refractivity contribution in [2.24, 2.45) is 17.8 Å². The molecule has 0 spiro atoms. The molecule has 47 heavy (non-hydrogen) atoms. The number of hydrogen-bond donors (Lipinski definition) is 2. The van der Waals surface area contributed by atoms with E-state index in [-0.39, 0.29) is 60.9 Å². The first-order valence-electron chi connectivity index (χ1n) is 18.0. The highest BCUT2D eigenvalue weighted by Crippen LogP contribution is 2.43. The highest BCUT2D eigenvalue weighted by molar-refractivity contribution is 5.80. The summed E-state index contributed by atoms with van der Waals surface area (Å²) in [6, 6.07) is 3.70. The van der Waals surface area contributed by atoms with Gasteiger partial charge in [-0.25, -0.2) is 0 Å². The van der Waals surface area contributed by atoms with E-state index in [0.717, 1.165) is 60.7 Å². The normalized spacial score (nSPS) is 30.4. The molecule has 2 N–H and O–H groups in total. The number of halogens is 3. The van der Waals surface area contributed by atoms with Crippen molar-refractivity contribution in [1.29, 1.82) is 0 Å². The summed E-state index contributed by atoms with van der Waals surface area (Å²) < 4.78 is 44.4. The van der Waals surface area contributed by atoms with Gasteiger partial charge < -0.3 is 15.0 Å². The molecule has 6 rings (SSSR count). The lowest BCUT2D eigenvalue weighted by molar-refractivity contribution is -0.192. The number of aromatic nitrogens is 2. The molecule has 0 bridgehead atoms. The maximum atomic E-state index is 14.3. The van der Waals surface area contributed by atoms with Crippen molar-refractivity contribution >= 4 is 16.8 Å². The van der Waals surface area contributed by atoms with Gasteiger partial charge >= 0.3 is 6.18 Å². The molecule has 8 nitrogen and oxygen atoms in total. The van der Waals surface area contributed by atoms with Crippen molar-refractivity contribution in [2.75, 3.05) is 39.3 Å². The lowest BCUT2D eigenvalue weighted by Gasteiger charge is -2.44. The van der Waals surface area contributed by atoms with Gasteiger partial charge in [-0.15, -0.1) is 0 Å². The van der Waals surface area contributed by atoms with E-state index in [2.05, 4.69) is 27.0 Å². The average Bonchev–Trinajstić information content (AvgIpc) is 3.06. The molecule has 1 amide bonds. The number of β-amino-alcohol motifs (C(OH)–C–C–N with tert-alkyl or cyclic N) is 1. The number of amides is 1. The van der Waals surface area contributed by atoms with E-state index in [4.69, 9.17) is 0 Å². The van der Waals surface area contributed by atoms with Gasteiger partial charge in [-0.2, -0.15) is 13.2 Å². The zero-order valence-electron chi connectivity index (χ0n) is 28.0. The summed E-state index contributed by atoms with van der Waals surface area (Å²) in [7, 11) is 0. The summed E-state index contributed by atoms with van der Waals surface area (Å²) in [5.74, 6) is -2.30. The third kappa shape index (κ3) is 7.72. The van der Waals surface area contributed by atoms with Crippen LogP contribution in [0.3, 0.4) is 0 Å². The molecule has 0 aromatic carbocycles. The Balaban J connectivity index is 1.19. The van der Waals surface area contributed by atoms with E-state index >= 15 is 0 Å². The molecule has 6 unspecified atom stereocenters. The molecule has 4 aliphatic rings. The van der Waals surface area contributed by atoms with Crippen LogP contribution in [0.15, 0.2) is 23.1 Å². The number of carbonyl (C=O) groups excluding carboxylic acids is 1.